The van der Waals surface area contributed by atoms with Crippen molar-refractivity contribution in [3.63, 3.8) is 0 Å². The van der Waals surface area contributed by atoms with Gasteiger partial charge in [0.1, 0.15) is 5.41 Å². The summed E-state index contributed by atoms with van der Waals surface area (Å²) in [6, 6.07) is 0. The molecule has 4 nitrogen and oxygen atoms in total. The molecular weight excluding hydrogens is 218 g/mol. The van der Waals surface area contributed by atoms with Crippen LogP contribution in [0, 0.1) is 16.2 Å². The van der Waals surface area contributed by atoms with Crippen LogP contribution in [0.3, 0.4) is 0 Å². The van der Waals surface area contributed by atoms with Gasteiger partial charge in [0.05, 0.1) is 0 Å². The van der Waals surface area contributed by atoms with Gasteiger partial charge in [-0.1, -0.05) is 20.8 Å². The zero-order valence-corrected chi connectivity index (χ0v) is 11.1. The van der Waals surface area contributed by atoms with Gasteiger partial charge >= 0.3 is 0 Å². The van der Waals surface area contributed by atoms with E-state index in [1.807, 2.05) is 20.8 Å². The lowest BCUT2D eigenvalue weighted by molar-refractivity contribution is -0.153. The zero-order valence-electron chi connectivity index (χ0n) is 11.1. The van der Waals surface area contributed by atoms with Gasteiger partial charge < -0.3 is 4.90 Å². The third-order valence-electron chi connectivity index (χ3n) is 5.31. The van der Waals surface area contributed by atoms with Crippen LogP contribution in [0.15, 0.2) is 0 Å². The van der Waals surface area contributed by atoms with Crippen LogP contribution >= 0.6 is 0 Å². The number of carbonyl (C=O) groups is 3. The van der Waals surface area contributed by atoms with E-state index in [-0.39, 0.29) is 11.7 Å². The molecule has 94 valence electrons. The summed E-state index contributed by atoms with van der Waals surface area (Å²) in [4.78, 5) is 38.2. The number of amides is 1. The molecule has 2 unspecified atom stereocenters. The summed E-state index contributed by atoms with van der Waals surface area (Å²) in [5, 5.41) is 0. The molecule has 0 aromatic carbocycles. The molecule has 0 N–H and O–H groups in total. The van der Waals surface area contributed by atoms with Crippen LogP contribution in [0.2, 0.25) is 0 Å². The van der Waals surface area contributed by atoms with Gasteiger partial charge in [0, 0.05) is 19.5 Å². The van der Waals surface area contributed by atoms with Gasteiger partial charge in [0.25, 0.3) is 0 Å². The maximum Gasteiger partial charge on any atom is 0.236 e. The van der Waals surface area contributed by atoms with Crippen LogP contribution in [-0.2, 0) is 14.4 Å². The summed E-state index contributed by atoms with van der Waals surface area (Å²) in [5.74, 6) is -1.05. The molecule has 17 heavy (non-hydrogen) atoms. The second-order valence-corrected chi connectivity index (χ2v) is 6.22. The monoisotopic (exact) mass is 237 g/mol. The van der Waals surface area contributed by atoms with E-state index >= 15 is 0 Å². The molecule has 2 bridgehead atoms. The Bertz CT molecular complexity index is 438. The summed E-state index contributed by atoms with van der Waals surface area (Å²) in [6.07, 6.45) is 1.13. The maximum absolute atomic E-state index is 12.4. The molecule has 2 aliphatic carbocycles. The van der Waals surface area contributed by atoms with Crippen LogP contribution < -0.4 is 0 Å². The van der Waals surface area contributed by atoms with Crippen molar-refractivity contribution in [3.8, 4) is 0 Å². The van der Waals surface area contributed by atoms with Gasteiger partial charge in [-0.25, -0.2) is 0 Å². The van der Waals surface area contributed by atoms with E-state index in [1.165, 1.54) is 4.90 Å². The minimum absolute atomic E-state index is 0.220. The van der Waals surface area contributed by atoms with Crippen molar-refractivity contribution in [2.24, 2.45) is 16.2 Å². The predicted octanol–water partition coefficient (Wildman–Crippen LogP) is 1.04. The lowest BCUT2D eigenvalue weighted by atomic mass is 9.64. The minimum Gasteiger partial charge on any atom is -0.348 e. The molecule has 0 heterocycles. The highest BCUT2D eigenvalue weighted by Crippen LogP contribution is 2.69. The second kappa shape index (κ2) is 2.98. The normalized spacial score (nSPS) is 38.6. The Morgan fingerprint density at radius 1 is 1.06 bits per heavy atom. The number of carbonyl (C=O) groups excluding carboxylic acids is 3. The first-order valence-corrected chi connectivity index (χ1v) is 5.94. The molecule has 0 spiro atoms. The van der Waals surface area contributed by atoms with Crippen molar-refractivity contribution in [1.29, 1.82) is 0 Å². The second-order valence-electron chi connectivity index (χ2n) is 6.22. The molecule has 2 aliphatic rings. The highest BCUT2D eigenvalue weighted by Gasteiger charge is 2.78. The molecule has 0 radical (unpaired) electrons. The lowest BCUT2D eigenvalue weighted by Crippen LogP contribution is -2.50. The van der Waals surface area contributed by atoms with Crippen molar-refractivity contribution >= 4 is 17.5 Å². The van der Waals surface area contributed by atoms with E-state index in [9.17, 15) is 14.4 Å². The molecule has 0 saturated heterocycles. The van der Waals surface area contributed by atoms with Gasteiger partial charge in [0.2, 0.25) is 17.5 Å². The van der Waals surface area contributed by atoms with Crippen LogP contribution in [0.4, 0.5) is 0 Å². The molecule has 1 amide bonds. The van der Waals surface area contributed by atoms with Gasteiger partial charge in [-0.3, -0.25) is 14.4 Å². The quantitative estimate of drug-likeness (QED) is 0.506. The zero-order chi connectivity index (χ0) is 13.2. The fraction of sp³-hybridized carbons (Fsp3) is 0.769. The first-order chi connectivity index (χ1) is 7.63. The smallest absolute Gasteiger partial charge is 0.236 e. The predicted molar refractivity (Wildman–Crippen MR) is 62.3 cm³/mol. The third-order valence-corrected chi connectivity index (χ3v) is 5.31. The van der Waals surface area contributed by atoms with Crippen molar-refractivity contribution in [2.45, 2.75) is 33.6 Å². The number of hydrogen-bond acceptors (Lipinski definition) is 3. The molecular formula is C13H19NO3. The average Bonchev–Trinajstić information content (AvgIpc) is 2.50. The topological polar surface area (TPSA) is 54.5 Å². The third kappa shape index (κ3) is 0.980. The molecule has 0 aromatic rings. The highest BCUT2D eigenvalue weighted by molar-refractivity contribution is 6.48. The summed E-state index contributed by atoms with van der Waals surface area (Å²) in [7, 11) is 3.28. The van der Waals surface area contributed by atoms with E-state index < -0.39 is 22.0 Å². The number of fused-ring (bicyclic) bond motifs is 2. The van der Waals surface area contributed by atoms with E-state index in [1.54, 1.807) is 14.1 Å². The van der Waals surface area contributed by atoms with E-state index in [2.05, 4.69) is 0 Å². The summed E-state index contributed by atoms with van der Waals surface area (Å²) in [5.41, 5.74) is -2.38. The SMILES string of the molecule is CN(C)C(=O)C12CCC(C)(C(=O)C1=O)C2(C)C. The van der Waals surface area contributed by atoms with Crippen LogP contribution in [0.5, 0.6) is 0 Å². The molecule has 2 atom stereocenters. The summed E-state index contributed by atoms with van der Waals surface area (Å²) >= 11 is 0. The van der Waals surface area contributed by atoms with E-state index in [0.717, 1.165) is 0 Å². The minimum atomic E-state index is -1.12. The molecule has 2 saturated carbocycles. The first-order valence-electron chi connectivity index (χ1n) is 5.94. The Labute approximate surface area is 101 Å². The van der Waals surface area contributed by atoms with Crippen molar-refractivity contribution in [3.05, 3.63) is 0 Å². The molecule has 2 rings (SSSR count). The standard InChI is InChI=1S/C13H19NO3/c1-11(2)12(3)6-7-13(11,9(16)8(12)15)10(17)14(4)5/h6-7H2,1-5H3. The maximum atomic E-state index is 12.4. The fourth-order valence-corrected chi connectivity index (χ4v) is 3.63. The largest absolute Gasteiger partial charge is 0.348 e. The van der Waals surface area contributed by atoms with Gasteiger partial charge in [0.15, 0.2) is 0 Å². The average molecular weight is 237 g/mol. The molecule has 2 fully saturated rings. The lowest BCUT2D eigenvalue weighted by Gasteiger charge is -2.38. The molecule has 4 heteroatoms. The summed E-state index contributed by atoms with van der Waals surface area (Å²) in [6.45, 7) is 5.58. The van der Waals surface area contributed by atoms with Crippen LogP contribution in [0.25, 0.3) is 0 Å². The van der Waals surface area contributed by atoms with Gasteiger partial charge in [-0.2, -0.15) is 0 Å². The van der Waals surface area contributed by atoms with Crippen LogP contribution in [-0.4, -0.2) is 36.5 Å². The fourth-order valence-electron chi connectivity index (χ4n) is 3.63. The first kappa shape index (κ1) is 12.3. The van der Waals surface area contributed by atoms with Crippen LogP contribution in [0.1, 0.15) is 33.6 Å². The Morgan fingerprint density at radius 2 is 1.59 bits per heavy atom. The number of rotatable bonds is 1. The number of Topliss-reactive ketones (excluding diaryl/α,β-unsaturated/α-hetero) is 2. The number of ketones is 2. The van der Waals surface area contributed by atoms with Gasteiger partial charge in [-0.05, 0) is 18.3 Å². The van der Waals surface area contributed by atoms with Crippen molar-refractivity contribution in [1.82, 2.24) is 4.90 Å². The van der Waals surface area contributed by atoms with Gasteiger partial charge in [-0.15, -0.1) is 0 Å². The number of nitrogens with zero attached hydrogens (tertiary/aromatic N) is 1. The highest BCUT2D eigenvalue weighted by atomic mass is 16.2. The van der Waals surface area contributed by atoms with Crippen molar-refractivity contribution in [2.75, 3.05) is 14.1 Å². The summed E-state index contributed by atoms with van der Waals surface area (Å²) < 4.78 is 0. The van der Waals surface area contributed by atoms with E-state index in [4.69, 9.17) is 0 Å². The van der Waals surface area contributed by atoms with Crippen molar-refractivity contribution < 1.29 is 14.4 Å². The Balaban J connectivity index is 2.66. The Kier molecular flexibility index (Phi) is 2.15. The number of hydrogen-bond donors (Lipinski definition) is 0. The Morgan fingerprint density at radius 3 is 1.94 bits per heavy atom. The Hall–Kier alpha value is -1.19. The molecule has 0 aromatic heterocycles. The van der Waals surface area contributed by atoms with E-state index in [0.29, 0.717) is 12.8 Å². The molecule has 0 aliphatic heterocycles.